The number of carbonyl (C=O) groups is 1. The summed E-state index contributed by atoms with van der Waals surface area (Å²) >= 11 is 7.49. The van der Waals surface area contributed by atoms with Crippen LogP contribution >= 0.6 is 22.9 Å². The van der Waals surface area contributed by atoms with Gasteiger partial charge in [0.25, 0.3) is 5.56 Å². The van der Waals surface area contributed by atoms with Gasteiger partial charge in [-0.3, -0.25) is 9.36 Å². The van der Waals surface area contributed by atoms with E-state index in [1.807, 2.05) is 42.5 Å². The number of aromatic nitrogens is 1. The third-order valence-corrected chi connectivity index (χ3v) is 5.91. The van der Waals surface area contributed by atoms with Gasteiger partial charge in [0.2, 0.25) is 0 Å². The number of allylic oxidation sites excluding steroid dienone is 1. The summed E-state index contributed by atoms with van der Waals surface area (Å²) in [5.74, 6) is -0.520. The second-order valence-corrected chi connectivity index (χ2v) is 7.98. The van der Waals surface area contributed by atoms with Crippen molar-refractivity contribution in [2.75, 3.05) is 7.11 Å². The number of hydrogen-bond donors (Lipinski definition) is 0. The van der Waals surface area contributed by atoms with Gasteiger partial charge in [0, 0.05) is 5.02 Å². The number of benzene rings is 2. The maximum absolute atomic E-state index is 13.3. The number of carbonyl (C=O) groups excluding carboxylic acids is 1. The molecule has 0 aliphatic carbocycles. The highest BCUT2D eigenvalue weighted by molar-refractivity contribution is 7.07. The number of rotatable bonds is 3. The quantitative estimate of drug-likeness (QED) is 0.607. The van der Waals surface area contributed by atoms with Gasteiger partial charge in [-0.05, 0) is 36.3 Å². The van der Waals surface area contributed by atoms with Crippen molar-refractivity contribution in [3.05, 3.63) is 102 Å². The maximum Gasteiger partial charge on any atom is 0.338 e. The number of fused-ring (bicyclic) bond motifs is 1. The molecular weight excluding hydrogens is 408 g/mol. The number of nitrogens with zero attached hydrogens (tertiary/aromatic N) is 2. The van der Waals surface area contributed by atoms with Crippen molar-refractivity contribution in [3.8, 4) is 0 Å². The Balaban J connectivity index is 2.00. The molecule has 5 nitrogen and oxygen atoms in total. The minimum atomic E-state index is -0.657. The number of halogens is 1. The van der Waals surface area contributed by atoms with Gasteiger partial charge in [-0.15, -0.1) is 0 Å². The summed E-state index contributed by atoms with van der Waals surface area (Å²) in [4.78, 5) is 31.0. The van der Waals surface area contributed by atoms with Crippen LogP contribution in [-0.2, 0) is 9.53 Å². The molecule has 0 amide bonds. The highest BCUT2D eigenvalue weighted by atomic mass is 35.5. The van der Waals surface area contributed by atoms with Gasteiger partial charge in [0.1, 0.15) is 0 Å². The van der Waals surface area contributed by atoms with Crippen molar-refractivity contribution in [1.82, 2.24) is 4.57 Å². The fourth-order valence-corrected chi connectivity index (χ4v) is 4.63. The first kappa shape index (κ1) is 19.4. The number of hydrogen-bond acceptors (Lipinski definition) is 5. The van der Waals surface area contributed by atoms with E-state index in [1.165, 1.54) is 18.4 Å². The predicted molar refractivity (Wildman–Crippen MR) is 114 cm³/mol. The summed E-state index contributed by atoms with van der Waals surface area (Å²) in [5, 5.41) is 0.521. The second-order valence-electron chi connectivity index (χ2n) is 6.54. The molecule has 0 radical (unpaired) electrons. The van der Waals surface area contributed by atoms with Gasteiger partial charge in [-0.25, -0.2) is 9.79 Å². The Hall–Kier alpha value is -2.96. The standard InChI is InChI=1S/C22H17ClN2O3S/c1-13-18(21(27)28-2)19(15-9-6-10-16(23)12-15)25-20(26)17(29-22(25)24-13)11-14-7-4-3-5-8-14/h3-12,19H,1-2H3/b17-11-. The third kappa shape index (κ3) is 3.57. The van der Waals surface area contributed by atoms with Crippen molar-refractivity contribution in [1.29, 1.82) is 0 Å². The SMILES string of the molecule is COC(=O)C1=C(C)N=c2s/c(=C\c3ccccc3)c(=O)n2C1c1cccc(Cl)c1. The summed E-state index contributed by atoms with van der Waals surface area (Å²) in [6, 6.07) is 16.1. The van der Waals surface area contributed by atoms with E-state index < -0.39 is 12.0 Å². The minimum Gasteiger partial charge on any atom is -0.466 e. The van der Waals surface area contributed by atoms with Gasteiger partial charge in [-0.2, -0.15) is 0 Å². The van der Waals surface area contributed by atoms with E-state index >= 15 is 0 Å². The molecule has 2 heterocycles. The first-order valence-corrected chi connectivity index (χ1v) is 10.1. The molecule has 2 aromatic carbocycles. The summed E-state index contributed by atoms with van der Waals surface area (Å²) in [7, 11) is 1.32. The lowest BCUT2D eigenvalue weighted by molar-refractivity contribution is -0.136. The highest BCUT2D eigenvalue weighted by Gasteiger charge is 2.33. The van der Waals surface area contributed by atoms with E-state index in [4.69, 9.17) is 16.3 Å². The summed E-state index contributed by atoms with van der Waals surface area (Å²) in [5.41, 5.74) is 2.28. The minimum absolute atomic E-state index is 0.212. The Labute approximate surface area is 175 Å². The van der Waals surface area contributed by atoms with E-state index in [2.05, 4.69) is 4.99 Å². The molecule has 29 heavy (non-hydrogen) atoms. The molecule has 0 saturated carbocycles. The van der Waals surface area contributed by atoms with Crippen LogP contribution < -0.4 is 14.9 Å². The number of methoxy groups -OCH3 is 1. The van der Waals surface area contributed by atoms with Crippen LogP contribution in [0.5, 0.6) is 0 Å². The lowest BCUT2D eigenvalue weighted by Crippen LogP contribution is -2.39. The zero-order valence-electron chi connectivity index (χ0n) is 15.8. The molecule has 0 bridgehead atoms. The molecule has 1 aliphatic rings. The molecule has 4 rings (SSSR count). The molecule has 1 aromatic heterocycles. The topological polar surface area (TPSA) is 60.7 Å². The zero-order valence-corrected chi connectivity index (χ0v) is 17.3. The van der Waals surface area contributed by atoms with E-state index in [1.54, 1.807) is 29.7 Å². The van der Waals surface area contributed by atoms with Crippen molar-refractivity contribution in [2.24, 2.45) is 4.99 Å². The van der Waals surface area contributed by atoms with E-state index in [0.717, 1.165) is 11.1 Å². The fourth-order valence-electron chi connectivity index (χ4n) is 3.39. The fraction of sp³-hybridized carbons (Fsp3) is 0.136. The third-order valence-electron chi connectivity index (χ3n) is 4.69. The highest BCUT2D eigenvalue weighted by Crippen LogP contribution is 2.31. The van der Waals surface area contributed by atoms with Gasteiger partial charge in [-0.1, -0.05) is 65.4 Å². The zero-order chi connectivity index (χ0) is 20.5. The average molecular weight is 425 g/mol. The predicted octanol–water partition coefficient (Wildman–Crippen LogP) is 3.06. The monoisotopic (exact) mass is 424 g/mol. The van der Waals surface area contributed by atoms with Gasteiger partial charge in [0.15, 0.2) is 4.80 Å². The van der Waals surface area contributed by atoms with Crippen LogP contribution in [-0.4, -0.2) is 17.6 Å². The molecule has 146 valence electrons. The second kappa shape index (κ2) is 7.81. The van der Waals surface area contributed by atoms with Crippen LogP contribution in [0.15, 0.2) is 75.7 Å². The van der Waals surface area contributed by atoms with Crippen LogP contribution in [0.2, 0.25) is 5.02 Å². The van der Waals surface area contributed by atoms with Gasteiger partial charge >= 0.3 is 5.97 Å². The lowest BCUT2D eigenvalue weighted by atomic mass is 9.96. The van der Waals surface area contributed by atoms with E-state index in [-0.39, 0.29) is 5.56 Å². The number of thiazole rings is 1. The molecule has 1 aliphatic heterocycles. The molecule has 3 aromatic rings. The van der Waals surface area contributed by atoms with E-state index in [0.29, 0.717) is 25.6 Å². The largest absolute Gasteiger partial charge is 0.466 e. The van der Waals surface area contributed by atoms with E-state index in [9.17, 15) is 9.59 Å². The molecule has 1 atom stereocenters. The Bertz CT molecular complexity index is 1310. The van der Waals surface area contributed by atoms with Crippen LogP contribution in [0.4, 0.5) is 0 Å². The Morgan fingerprint density at radius 1 is 1.21 bits per heavy atom. The van der Waals surface area contributed by atoms with Gasteiger partial charge < -0.3 is 4.74 Å². The van der Waals surface area contributed by atoms with Crippen molar-refractivity contribution < 1.29 is 9.53 Å². The molecule has 0 fully saturated rings. The molecule has 7 heteroatoms. The summed E-state index contributed by atoms with van der Waals surface area (Å²) in [6.07, 6.45) is 1.83. The molecular formula is C22H17ClN2O3S. The molecule has 0 saturated heterocycles. The lowest BCUT2D eigenvalue weighted by Gasteiger charge is -2.24. The van der Waals surface area contributed by atoms with Crippen molar-refractivity contribution in [3.63, 3.8) is 0 Å². The molecule has 0 N–H and O–H groups in total. The van der Waals surface area contributed by atoms with Crippen molar-refractivity contribution >= 4 is 35.0 Å². The summed E-state index contributed by atoms with van der Waals surface area (Å²) < 4.78 is 7.08. The van der Waals surface area contributed by atoms with Crippen LogP contribution in [0.3, 0.4) is 0 Å². The molecule has 0 spiro atoms. The van der Waals surface area contributed by atoms with Crippen LogP contribution in [0.25, 0.3) is 6.08 Å². The smallest absolute Gasteiger partial charge is 0.338 e. The first-order chi connectivity index (χ1) is 14.0. The first-order valence-electron chi connectivity index (χ1n) is 8.91. The average Bonchev–Trinajstić information content (AvgIpc) is 3.02. The van der Waals surface area contributed by atoms with Crippen LogP contribution in [0.1, 0.15) is 24.1 Å². The summed E-state index contributed by atoms with van der Waals surface area (Å²) in [6.45, 7) is 1.75. The Morgan fingerprint density at radius 2 is 1.97 bits per heavy atom. The van der Waals surface area contributed by atoms with Gasteiger partial charge in [0.05, 0.1) is 29.0 Å². The molecule has 1 unspecified atom stereocenters. The normalized spacial score (nSPS) is 16.4. The maximum atomic E-state index is 13.3. The number of ether oxygens (including phenoxy) is 1. The van der Waals surface area contributed by atoms with Crippen molar-refractivity contribution in [2.45, 2.75) is 13.0 Å². The Kier molecular flexibility index (Phi) is 5.22. The van der Waals surface area contributed by atoms with Crippen LogP contribution in [0, 0.1) is 0 Å². The Morgan fingerprint density at radius 3 is 2.66 bits per heavy atom. The number of esters is 1.